The maximum atomic E-state index is 10.8. The smallest absolute Gasteiger partial charge is 0.148 e. The molecule has 0 aromatic heterocycles. The number of aliphatic hydroxyl groups is 1. The average molecular weight is 239 g/mol. The number of ether oxygens (including phenoxy) is 2. The summed E-state index contributed by atoms with van der Waals surface area (Å²) in [6.07, 6.45) is 3.24. The number of nitrogens with zero attached hydrogens (tertiary/aromatic N) is 1. The van der Waals surface area contributed by atoms with E-state index in [0.29, 0.717) is 19.3 Å². The van der Waals surface area contributed by atoms with Crippen LogP contribution in [0.2, 0.25) is 0 Å². The summed E-state index contributed by atoms with van der Waals surface area (Å²) in [5, 5.41) is 18.1. The number of aldehydes is 1. The van der Waals surface area contributed by atoms with Crippen LogP contribution in [0.1, 0.15) is 32.1 Å². The van der Waals surface area contributed by atoms with E-state index in [0.717, 1.165) is 19.1 Å². The molecular formula is C12H17NO4. The van der Waals surface area contributed by atoms with Crippen LogP contribution < -0.4 is 0 Å². The molecule has 0 aliphatic carbocycles. The van der Waals surface area contributed by atoms with Crippen molar-refractivity contribution >= 4 is 6.29 Å². The number of fused-ring (bicyclic) bond motifs is 1. The predicted molar refractivity (Wildman–Crippen MR) is 58.1 cm³/mol. The molecule has 0 spiro atoms. The molecule has 17 heavy (non-hydrogen) atoms. The minimum atomic E-state index is -0.732. The van der Waals surface area contributed by atoms with Gasteiger partial charge in [-0.15, -0.1) is 0 Å². The van der Waals surface area contributed by atoms with Crippen LogP contribution in [0.15, 0.2) is 0 Å². The third-order valence-electron chi connectivity index (χ3n) is 3.62. The van der Waals surface area contributed by atoms with Gasteiger partial charge in [0.15, 0.2) is 0 Å². The third kappa shape index (κ3) is 2.34. The standard InChI is InChI=1S/C12H17NO4/c13-5-1-2-9-3-4-11-12(8-15,17-9)6-10(7-14)16-11/h7,9-11,15H,1-4,6,8H2/t9?,10-,11+,12-/m1/s1. The lowest BCUT2D eigenvalue weighted by atomic mass is 9.86. The molecule has 5 nitrogen and oxygen atoms in total. The second-order valence-corrected chi connectivity index (χ2v) is 4.74. The lowest BCUT2D eigenvalue weighted by Crippen LogP contribution is -2.51. The number of hydrogen-bond donors (Lipinski definition) is 1. The fourth-order valence-electron chi connectivity index (χ4n) is 2.75. The molecule has 2 aliphatic heterocycles. The molecule has 94 valence electrons. The minimum Gasteiger partial charge on any atom is -0.393 e. The zero-order valence-electron chi connectivity index (χ0n) is 9.67. The Morgan fingerprint density at radius 2 is 2.35 bits per heavy atom. The van der Waals surface area contributed by atoms with Gasteiger partial charge in [0, 0.05) is 12.8 Å². The molecule has 0 radical (unpaired) electrons. The van der Waals surface area contributed by atoms with Gasteiger partial charge in [0.25, 0.3) is 0 Å². The SMILES string of the molecule is N#CCCC1CC[C@@H]2O[C@@H](C=O)C[C@]2(CO)O1. The lowest BCUT2D eigenvalue weighted by molar-refractivity contribution is -0.183. The highest BCUT2D eigenvalue weighted by Gasteiger charge is 2.52. The molecule has 4 atom stereocenters. The summed E-state index contributed by atoms with van der Waals surface area (Å²) in [7, 11) is 0. The molecule has 2 rings (SSSR count). The summed E-state index contributed by atoms with van der Waals surface area (Å²) in [6, 6.07) is 2.10. The number of rotatable bonds is 4. The normalized spacial score (nSPS) is 40.6. The van der Waals surface area contributed by atoms with Crippen molar-refractivity contribution in [3.63, 3.8) is 0 Å². The first kappa shape index (κ1) is 12.5. The molecule has 0 bridgehead atoms. The van der Waals surface area contributed by atoms with E-state index in [4.69, 9.17) is 14.7 Å². The summed E-state index contributed by atoms with van der Waals surface area (Å²) in [6.45, 7) is -0.134. The van der Waals surface area contributed by atoms with Gasteiger partial charge in [-0.1, -0.05) is 0 Å². The summed E-state index contributed by atoms with van der Waals surface area (Å²) in [5.41, 5.74) is -0.732. The Morgan fingerprint density at radius 1 is 1.53 bits per heavy atom. The van der Waals surface area contributed by atoms with Gasteiger partial charge in [0.2, 0.25) is 0 Å². The molecule has 2 heterocycles. The third-order valence-corrected chi connectivity index (χ3v) is 3.62. The molecule has 1 unspecified atom stereocenters. The first-order chi connectivity index (χ1) is 8.24. The average Bonchev–Trinajstić information content (AvgIpc) is 2.74. The molecule has 2 saturated heterocycles. The molecule has 0 aromatic rings. The van der Waals surface area contributed by atoms with Crippen molar-refractivity contribution in [2.75, 3.05) is 6.61 Å². The van der Waals surface area contributed by atoms with Gasteiger partial charge >= 0.3 is 0 Å². The summed E-state index contributed by atoms with van der Waals surface area (Å²) < 4.78 is 11.4. The number of carbonyl (C=O) groups is 1. The van der Waals surface area contributed by atoms with Crippen LogP contribution in [0.25, 0.3) is 0 Å². The van der Waals surface area contributed by atoms with E-state index in [9.17, 15) is 9.90 Å². The molecule has 2 fully saturated rings. The maximum absolute atomic E-state index is 10.8. The molecule has 5 heteroatoms. The molecule has 0 aromatic carbocycles. The van der Waals surface area contributed by atoms with Crippen molar-refractivity contribution in [2.24, 2.45) is 0 Å². The van der Waals surface area contributed by atoms with Crippen molar-refractivity contribution in [1.29, 1.82) is 5.26 Å². The topological polar surface area (TPSA) is 79.5 Å². The van der Waals surface area contributed by atoms with Crippen LogP contribution in [0.3, 0.4) is 0 Å². The molecular weight excluding hydrogens is 222 g/mol. The Morgan fingerprint density at radius 3 is 3.00 bits per heavy atom. The summed E-state index contributed by atoms with van der Waals surface area (Å²) in [5.74, 6) is 0. The van der Waals surface area contributed by atoms with Crippen LogP contribution in [0.5, 0.6) is 0 Å². The Labute approximate surface area is 100 Å². The number of hydrogen-bond acceptors (Lipinski definition) is 5. The zero-order chi connectivity index (χ0) is 12.3. The van der Waals surface area contributed by atoms with E-state index in [2.05, 4.69) is 6.07 Å². The van der Waals surface area contributed by atoms with Gasteiger partial charge in [-0.25, -0.2) is 0 Å². The highest BCUT2D eigenvalue weighted by molar-refractivity contribution is 5.57. The second kappa shape index (κ2) is 5.13. The van der Waals surface area contributed by atoms with Crippen molar-refractivity contribution in [2.45, 2.75) is 56.0 Å². The quantitative estimate of drug-likeness (QED) is 0.725. The van der Waals surface area contributed by atoms with Crippen molar-refractivity contribution in [1.82, 2.24) is 0 Å². The van der Waals surface area contributed by atoms with Gasteiger partial charge in [-0.3, -0.25) is 0 Å². The number of nitriles is 1. The van der Waals surface area contributed by atoms with Crippen LogP contribution >= 0.6 is 0 Å². The lowest BCUT2D eigenvalue weighted by Gasteiger charge is -2.40. The van der Waals surface area contributed by atoms with Crippen LogP contribution in [0, 0.1) is 11.3 Å². The van der Waals surface area contributed by atoms with E-state index in [1.807, 2.05) is 0 Å². The maximum Gasteiger partial charge on any atom is 0.148 e. The highest BCUT2D eigenvalue weighted by Crippen LogP contribution is 2.41. The van der Waals surface area contributed by atoms with E-state index >= 15 is 0 Å². The van der Waals surface area contributed by atoms with E-state index in [-0.39, 0.29) is 18.8 Å². The molecule has 2 aliphatic rings. The molecule has 1 N–H and O–H groups in total. The summed E-state index contributed by atoms with van der Waals surface area (Å²) in [4.78, 5) is 10.8. The monoisotopic (exact) mass is 239 g/mol. The van der Waals surface area contributed by atoms with Crippen molar-refractivity contribution in [3.05, 3.63) is 0 Å². The summed E-state index contributed by atoms with van der Waals surface area (Å²) >= 11 is 0. The number of carbonyl (C=O) groups excluding carboxylic acids is 1. The number of aliphatic hydroxyl groups excluding tert-OH is 1. The van der Waals surface area contributed by atoms with E-state index in [1.54, 1.807) is 0 Å². The van der Waals surface area contributed by atoms with Gasteiger partial charge < -0.3 is 19.4 Å². The van der Waals surface area contributed by atoms with Gasteiger partial charge in [-0.05, 0) is 19.3 Å². The van der Waals surface area contributed by atoms with Crippen molar-refractivity contribution < 1.29 is 19.4 Å². The predicted octanol–water partition coefficient (Wildman–Crippen LogP) is 0.557. The Kier molecular flexibility index (Phi) is 3.77. The van der Waals surface area contributed by atoms with Gasteiger partial charge in [0.05, 0.1) is 24.9 Å². The first-order valence-electron chi connectivity index (χ1n) is 6.00. The highest BCUT2D eigenvalue weighted by atomic mass is 16.6. The van der Waals surface area contributed by atoms with Crippen molar-refractivity contribution in [3.8, 4) is 6.07 Å². The first-order valence-corrected chi connectivity index (χ1v) is 6.00. The van der Waals surface area contributed by atoms with E-state index < -0.39 is 11.7 Å². The minimum absolute atomic E-state index is 0.00736. The second-order valence-electron chi connectivity index (χ2n) is 4.74. The largest absolute Gasteiger partial charge is 0.393 e. The molecule has 0 saturated carbocycles. The fraction of sp³-hybridized carbons (Fsp3) is 0.833. The van der Waals surface area contributed by atoms with Crippen LogP contribution in [0.4, 0.5) is 0 Å². The Bertz CT molecular complexity index is 327. The fourth-order valence-corrected chi connectivity index (χ4v) is 2.75. The van der Waals surface area contributed by atoms with Crippen LogP contribution in [-0.4, -0.2) is 41.9 Å². The zero-order valence-corrected chi connectivity index (χ0v) is 9.67. The van der Waals surface area contributed by atoms with Gasteiger partial charge in [-0.2, -0.15) is 5.26 Å². The Balaban J connectivity index is 2.03. The van der Waals surface area contributed by atoms with Crippen LogP contribution in [-0.2, 0) is 14.3 Å². The molecule has 0 amide bonds. The van der Waals surface area contributed by atoms with Gasteiger partial charge in [0.1, 0.15) is 18.0 Å². The Hall–Kier alpha value is -0.960. The van der Waals surface area contributed by atoms with E-state index in [1.165, 1.54) is 0 Å².